The molecule has 0 aliphatic carbocycles. The molecule has 0 saturated carbocycles. The lowest BCUT2D eigenvalue weighted by atomic mass is 9.78. The second kappa shape index (κ2) is 5.75. The van der Waals surface area contributed by atoms with Gasteiger partial charge in [-0.15, -0.1) is 0 Å². The van der Waals surface area contributed by atoms with Crippen LogP contribution in [0, 0.1) is 6.92 Å². The number of benzene rings is 2. The standard InChI is InChI=1S/C18H25N/c1-5-19-13-12-18(3,4)17-11-10-14(2)15-8-6-7-9-16(15)17/h6-11,19H,5,12-13H2,1-4H3. The van der Waals surface area contributed by atoms with Gasteiger partial charge in [0.05, 0.1) is 0 Å². The number of rotatable bonds is 5. The molecule has 0 aliphatic rings. The van der Waals surface area contributed by atoms with Crippen molar-refractivity contribution >= 4 is 10.8 Å². The second-order valence-electron chi connectivity index (χ2n) is 5.96. The maximum Gasteiger partial charge on any atom is -0.00407 e. The van der Waals surface area contributed by atoms with Gasteiger partial charge in [0.15, 0.2) is 0 Å². The molecule has 0 radical (unpaired) electrons. The summed E-state index contributed by atoms with van der Waals surface area (Å²) in [5.41, 5.74) is 3.03. The van der Waals surface area contributed by atoms with Crippen LogP contribution in [0.3, 0.4) is 0 Å². The summed E-state index contributed by atoms with van der Waals surface area (Å²) in [4.78, 5) is 0. The molecule has 102 valence electrons. The van der Waals surface area contributed by atoms with Crippen LogP contribution in [-0.2, 0) is 5.41 Å². The fourth-order valence-electron chi connectivity index (χ4n) is 2.75. The Morgan fingerprint density at radius 1 is 1.00 bits per heavy atom. The molecule has 2 aromatic carbocycles. The van der Waals surface area contributed by atoms with Crippen LogP contribution in [0.5, 0.6) is 0 Å². The van der Waals surface area contributed by atoms with Crippen LogP contribution >= 0.6 is 0 Å². The maximum atomic E-state index is 3.43. The quantitative estimate of drug-likeness (QED) is 0.780. The lowest BCUT2D eigenvalue weighted by molar-refractivity contribution is 0.464. The number of nitrogens with one attached hydrogen (secondary N) is 1. The Morgan fingerprint density at radius 3 is 2.37 bits per heavy atom. The summed E-state index contributed by atoms with van der Waals surface area (Å²) in [6.07, 6.45) is 1.16. The van der Waals surface area contributed by atoms with Gasteiger partial charge in [0.1, 0.15) is 0 Å². The molecule has 0 aliphatic heterocycles. The van der Waals surface area contributed by atoms with Crippen LogP contribution in [0.15, 0.2) is 36.4 Å². The zero-order valence-electron chi connectivity index (χ0n) is 12.6. The predicted molar refractivity (Wildman–Crippen MR) is 84.9 cm³/mol. The minimum atomic E-state index is 0.204. The Bertz CT molecular complexity index is 555. The van der Waals surface area contributed by atoms with Gasteiger partial charge in [0.2, 0.25) is 0 Å². The monoisotopic (exact) mass is 255 g/mol. The smallest absolute Gasteiger partial charge is 0.00407 e. The normalized spacial score (nSPS) is 12.0. The molecule has 0 fully saturated rings. The summed E-state index contributed by atoms with van der Waals surface area (Å²) in [5.74, 6) is 0. The third-order valence-electron chi connectivity index (χ3n) is 4.05. The Morgan fingerprint density at radius 2 is 1.68 bits per heavy atom. The van der Waals surface area contributed by atoms with Gasteiger partial charge in [-0.25, -0.2) is 0 Å². The molecule has 0 aromatic heterocycles. The Balaban J connectivity index is 2.41. The lowest BCUT2D eigenvalue weighted by Crippen LogP contribution is -2.25. The van der Waals surface area contributed by atoms with Crippen LogP contribution in [-0.4, -0.2) is 13.1 Å². The van der Waals surface area contributed by atoms with Gasteiger partial charge < -0.3 is 5.32 Å². The van der Waals surface area contributed by atoms with Gasteiger partial charge in [-0.05, 0) is 53.7 Å². The van der Waals surface area contributed by atoms with Gasteiger partial charge in [-0.3, -0.25) is 0 Å². The van der Waals surface area contributed by atoms with E-state index in [0.717, 1.165) is 19.5 Å². The van der Waals surface area contributed by atoms with Gasteiger partial charge in [0.25, 0.3) is 0 Å². The van der Waals surface area contributed by atoms with Gasteiger partial charge in [-0.2, -0.15) is 0 Å². The molecular weight excluding hydrogens is 230 g/mol. The Labute approximate surface area is 117 Å². The first-order valence-electron chi connectivity index (χ1n) is 7.26. The Hall–Kier alpha value is -1.34. The van der Waals surface area contributed by atoms with Crippen molar-refractivity contribution in [2.24, 2.45) is 0 Å². The minimum absolute atomic E-state index is 0.204. The van der Waals surface area contributed by atoms with Gasteiger partial charge in [0, 0.05) is 0 Å². The zero-order chi connectivity index (χ0) is 13.9. The van der Waals surface area contributed by atoms with E-state index in [1.54, 1.807) is 0 Å². The second-order valence-corrected chi connectivity index (χ2v) is 5.96. The fraction of sp³-hybridized carbons (Fsp3) is 0.444. The van der Waals surface area contributed by atoms with E-state index < -0.39 is 0 Å². The molecule has 1 heteroatoms. The molecule has 0 saturated heterocycles. The van der Waals surface area contributed by atoms with Crippen molar-refractivity contribution in [3.05, 3.63) is 47.5 Å². The SMILES string of the molecule is CCNCCC(C)(C)c1ccc(C)c2ccccc12. The molecule has 19 heavy (non-hydrogen) atoms. The average Bonchev–Trinajstić information content (AvgIpc) is 2.39. The van der Waals surface area contributed by atoms with Crippen LogP contribution in [0.25, 0.3) is 10.8 Å². The highest BCUT2D eigenvalue weighted by atomic mass is 14.8. The first kappa shape index (κ1) is 14.1. The first-order valence-corrected chi connectivity index (χ1v) is 7.26. The van der Waals surface area contributed by atoms with Crippen molar-refractivity contribution in [3.63, 3.8) is 0 Å². The van der Waals surface area contributed by atoms with Crippen LogP contribution in [0.1, 0.15) is 38.3 Å². The van der Waals surface area contributed by atoms with E-state index in [0.29, 0.717) is 0 Å². The molecule has 2 aromatic rings. The number of hydrogen-bond donors (Lipinski definition) is 1. The maximum absolute atomic E-state index is 3.43. The van der Waals surface area contributed by atoms with E-state index >= 15 is 0 Å². The first-order chi connectivity index (χ1) is 9.06. The third kappa shape index (κ3) is 2.98. The van der Waals surface area contributed by atoms with Crippen molar-refractivity contribution < 1.29 is 0 Å². The molecule has 0 amide bonds. The summed E-state index contributed by atoms with van der Waals surface area (Å²) in [6, 6.07) is 13.3. The van der Waals surface area contributed by atoms with E-state index in [1.807, 2.05) is 0 Å². The van der Waals surface area contributed by atoms with Gasteiger partial charge in [-0.1, -0.05) is 57.2 Å². The minimum Gasteiger partial charge on any atom is -0.317 e. The summed E-state index contributed by atoms with van der Waals surface area (Å²) >= 11 is 0. The molecule has 2 rings (SSSR count). The third-order valence-corrected chi connectivity index (χ3v) is 4.05. The highest BCUT2D eigenvalue weighted by Crippen LogP contribution is 2.33. The lowest BCUT2D eigenvalue weighted by Gasteiger charge is -2.27. The van der Waals surface area contributed by atoms with Crippen LogP contribution in [0.2, 0.25) is 0 Å². The molecule has 0 atom stereocenters. The Kier molecular flexibility index (Phi) is 4.26. The molecule has 1 nitrogen and oxygen atoms in total. The molecule has 0 bridgehead atoms. The average molecular weight is 255 g/mol. The van der Waals surface area contributed by atoms with E-state index in [4.69, 9.17) is 0 Å². The predicted octanol–water partition coefficient (Wildman–Crippen LogP) is 4.43. The number of fused-ring (bicyclic) bond motifs is 1. The van der Waals surface area contributed by atoms with Crippen molar-refractivity contribution in [2.45, 2.75) is 39.5 Å². The summed E-state index contributed by atoms with van der Waals surface area (Å²) in [7, 11) is 0. The van der Waals surface area contributed by atoms with Gasteiger partial charge >= 0.3 is 0 Å². The zero-order valence-corrected chi connectivity index (χ0v) is 12.6. The molecule has 1 N–H and O–H groups in total. The summed E-state index contributed by atoms with van der Waals surface area (Å²) < 4.78 is 0. The van der Waals surface area contributed by atoms with Crippen molar-refractivity contribution in [1.82, 2.24) is 5.32 Å². The molecule has 0 unspecified atom stereocenters. The highest BCUT2D eigenvalue weighted by molar-refractivity contribution is 5.89. The summed E-state index contributed by atoms with van der Waals surface area (Å²) in [6.45, 7) is 11.2. The molecular formula is C18H25N. The molecule has 0 heterocycles. The van der Waals surface area contributed by atoms with Crippen molar-refractivity contribution in [1.29, 1.82) is 0 Å². The van der Waals surface area contributed by atoms with E-state index in [2.05, 4.69) is 69.4 Å². The number of aryl methyl sites for hydroxylation is 1. The van der Waals surface area contributed by atoms with Crippen molar-refractivity contribution in [2.75, 3.05) is 13.1 Å². The number of hydrogen-bond acceptors (Lipinski definition) is 1. The van der Waals surface area contributed by atoms with Crippen LogP contribution in [0.4, 0.5) is 0 Å². The van der Waals surface area contributed by atoms with Crippen molar-refractivity contribution in [3.8, 4) is 0 Å². The summed E-state index contributed by atoms with van der Waals surface area (Å²) in [5, 5.41) is 6.23. The van der Waals surface area contributed by atoms with E-state index in [9.17, 15) is 0 Å². The highest BCUT2D eigenvalue weighted by Gasteiger charge is 2.22. The van der Waals surface area contributed by atoms with E-state index in [-0.39, 0.29) is 5.41 Å². The van der Waals surface area contributed by atoms with E-state index in [1.165, 1.54) is 21.9 Å². The fourth-order valence-corrected chi connectivity index (χ4v) is 2.75. The largest absolute Gasteiger partial charge is 0.317 e. The van der Waals surface area contributed by atoms with Crippen LogP contribution < -0.4 is 5.32 Å². The topological polar surface area (TPSA) is 12.0 Å². The molecule has 0 spiro atoms.